The van der Waals surface area contributed by atoms with Crippen molar-refractivity contribution in [1.29, 1.82) is 0 Å². The number of pyridine rings is 1. The summed E-state index contributed by atoms with van der Waals surface area (Å²) in [6.45, 7) is 2.02. The van der Waals surface area contributed by atoms with E-state index in [0.717, 1.165) is 10.9 Å². The molecule has 3 aromatic rings. The smallest absolute Gasteiger partial charge is 0.269 e. The van der Waals surface area contributed by atoms with E-state index in [1.54, 1.807) is 30.3 Å². The Morgan fingerprint density at radius 3 is 2.80 bits per heavy atom. The minimum Gasteiger partial charge on any atom is -0.485 e. The zero-order valence-electron chi connectivity index (χ0n) is 13.5. The Kier molecular flexibility index (Phi) is 3.65. The number of carbonyl (C=O) groups is 1. The second-order valence-electron chi connectivity index (χ2n) is 5.93. The van der Waals surface area contributed by atoms with Crippen molar-refractivity contribution in [1.82, 2.24) is 4.98 Å². The fraction of sp³-hybridized carbons (Fsp3) is 0.158. The molecule has 0 spiro atoms. The second-order valence-corrected chi connectivity index (χ2v) is 5.93. The average Bonchev–Trinajstić information content (AvgIpc) is 2.60. The maximum atomic E-state index is 12.5. The summed E-state index contributed by atoms with van der Waals surface area (Å²) in [6.07, 6.45) is -0.734. The molecule has 2 aromatic carbocycles. The second kappa shape index (κ2) is 5.98. The van der Waals surface area contributed by atoms with Crippen molar-refractivity contribution in [2.45, 2.75) is 13.0 Å². The molecule has 0 saturated carbocycles. The number of para-hydroxylation sites is 2. The molecular formula is C19H16N2O4. The SMILES string of the molecule is Cc1cc(=O)[nH]c2cc(NC(=O)[C@H]3COc4ccccc4O3)ccc12. The maximum absolute atomic E-state index is 12.5. The maximum Gasteiger partial charge on any atom is 0.269 e. The summed E-state index contributed by atoms with van der Waals surface area (Å²) in [4.78, 5) is 26.9. The summed E-state index contributed by atoms with van der Waals surface area (Å²) in [6, 6.07) is 14.2. The topological polar surface area (TPSA) is 80.4 Å². The van der Waals surface area contributed by atoms with Gasteiger partial charge in [-0.2, -0.15) is 0 Å². The van der Waals surface area contributed by atoms with Crippen molar-refractivity contribution in [2.75, 3.05) is 11.9 Å². The van der Waals surface area contributed by atoms with E-state index in [9.17, 15) is 9.59 Å². The Morgan fingerprint density at radius 1 is 1.16 bits per heavy atom. The molecule has 25 heavy (non-hydrogen) atoms. The molecule has 1 amide bonds. The van der Waals surface area contributed by atoms with Gasteiger partial charge >= 0.3 is 0 Å². The number of anilines is 1. The van der Waals surface area contributed by atoms with Crippen LogP contribution in [0.5, 0.6) is 11.5 Å². The van der Waals surface area contributed by atoms with Gasteiger partial charge in [0, 0.05) is 17.1 Å². The molecule has 126 valence electrons. The minimum absolute atomic E-state index is 0.145. The zero-order chi connectivity index (χ0) is 17.4. The molecule has 1 aromatic heterocycles. The predicted molar refractivity (Wildman–Crippen MR) is 94.3 cm³/mol. The van der Waals surface area contributed by atoms with Gasteiger partial charge in [0.05, 0.1) is 5.52 Å². The molecule has 1 aliphatic rings. The summed E-state index contributed by atoms with van der Waals surface area (Å²) in [7, 11) is 0. The highest BCUT2D eigenvalue weighted by Crippen LogP contribution is 2.31. The van der Waals surface area contributed by atoms with E-state index in [1.807, 2.05) is 25.1 Å². The lowest BCUT2D eigenvalue weighted by molar-refractivity contribution is -0.125. The summed E-state index contributed by atoms with van der Waals surface area (Å²) in [5, 5.41) is 3.74. The van der Waals surface area contributed by atoms with E-state index >= 15 is 0 Å². The van der Waals surface area contributed by atoms with Crippen LogP contribution in [-0.4, -0.2) is 23.6 Å². The molecule has 0 unspecified atom stereocenters. The lowest BCUT2D eigenvalue weighted by Crippen LogP contribution is -2.40. The highest BCUT2D eigenvalue weighted by molar-refractivity contribution is 5.97. The van der Waals surface area contributed by atoms with Crippen LogP contribution in [0.3, 0.4) is 0 Å². The van der Waals surface area contributed by atoms with E-state index in [4.69, 9.17) is 9.47 Å². The first-order valence-electron chi connectivity index (χ1n) is 7.93. The van der Waals surface area contributed by atoms with E-state index < -0.39 is 6.10 Å². The number of carbonyl (C=O) groups excluding carboxylic acids is 1. The third-order valence-corrected chi connectivity index (χ3v) is 4.12. The lowest BCUT2D eigenvalue weighted by atomic mass is 10.1. The molecule has 0 fully saturated rings. The Bertz CT molecular complexity index is 1030. The summed E-state index contributed by atoms with van der Waals surface area (Å²) >= 11 is 0. The van der Waals surface area contributed by atoms with Gasteiger partial charge in [-0.1, -0.05) is 18.2 Å². The van der Waals surface area contributed by atoms with Crippen molar-refractivity contribution in [3.05, 3.63) is 64.4 Å². The van der Waals surface area contributed by atoms with E-state index in [-0.39, 0.29) is 18.1 Å². The normalized spacial score (nSPS) is 15.8. The van der Waals surface area contributed by atoms with Gasteiger partial charge in [0.15, 0.2) is 11.5 Å². The third-order valence-electron chi connectivity index (χ3n) is 4.12. The van der Waals surface area contributed by atoms with Crippen LogP contribution < -0.4 is 20.3 Å². The number of hydrogen-bond acceptors (Lipinski definition) is 4. The molecule has 2 N–H and O–H groups in total. The molecule has 1 atom stereocenters. The number of ether oxygens (including phenoxy) is 2. The molecule has 1 aliphatic heterocycles. The van der Waals surface area contributed by atoms with Crippen molar-refractivity contribution in [2.24, 2.45) is 0 Å². The Morgan fingerprint density at radius 2 is 1.96 bits per heavy atom. The van der Waals surface area contributed by atoms with E-state index in [1.165, 1.54) is 0 Å². The van der Waals surface area contributed by atoms with Crippen molar-refractivity contribution >= 4 is 22.5 Å². The molecule has 6 heteroatoms. The van der Waals surface area contributed by atoms with Gasteiger partial charge in [-0.05, 0) is 36.8 Å². The molecule has 0 bridgehead atoms. The van der Waals surface area contributed by atoms with Crippen LogP contribution in [0.2, 0.25) is 0 Å². The van der Waals surface area contributed by atoms with E-state index in [2.05, 4.69) is 10.3 Å². The fourth-order valence-electron chi connectivity index (χ4n) is 2.88. The number of hydrogen-bond donors (Lipinski definition) is 2. The fourth-order valence-corrected chi connectivity index (χ4v) is 2.88. The van der Waals surface area contributed by atoms with E-state index in [0.29, 0.717) is 22.7 Å². The van der Waals surface area contributed by atoms with Crippen molar-refractivity contribution in [3.63, 3.8) is 0 Å². The number of nitrogens with one attached hydrogen (secondary N) is 2. The Labute approximate surface area is 143 Å². The standard InChI is InChI=1S/C19H16N2O4/c1-11-8-18(22)21-14-9-12(6-7-13(11)14)20-19(23)17-10-24-15-4-2-3-5-16(15)25-17/h2-9,17H,10H2,1H3,(H,20,23)(H,21,22)/t17-/m1/s1. The number of fused-ring (bicyclic) bond motifs is 2. The summed E-state index contributed by atoms with van der Waals surface area (Å²) in [5.74, 6) is 0.876. The molecule has 4 rings (SSSR count). The predicted octanol–water partition coefficient (Wildman–Crippen LogP) is 2.62. The quantitative estimate of drug-likeness (QED) is 0.754. The monoisotopic (exact) mass is 336 g/mol. The van der Waals surface area contributed by atoms with Gasteiger partial charge in [-0.15, -0.1) is 0 Å². The number of H-pyrrole nitrogens is 1. The van der Waals surface area contributed by atoms with Crippen molar-refractivity contribution in [3.8, 4) is 11.5 Å². The summed E-state index contributed by atoms with van der Waals surface area (Å²) < 4.78 is 11.3. The molecule has 0 saturated heterocycles. The van der Waals surface area contributed by atoms with Crippen LogP contribution in [0.15, 0.2) is 53.3 Å². The van der Waals surface area contributed by atoms with Gasteiger partial charge < -0.3 is 19.8 Å². The van der Waals surface area contributed by atoms with Crippen LogP contribution in [0.1, 0.15) is 5.56 Å². The first-order valence-corrected chi connectivity index (χ1v) is 7.93. The van der Waals surface area contributed by atoms with Crippen LogP contribution in [0.25, 0.3) is 10.9 Å². The van der Waals surface area contributed by atoms with Crippen LogP contribution in [0, 0.1) is 6.92 Å². The number of aromatic amines is 1. The number of aryl methyl sites for hydroxylation is 1. The molecule has 2 heterocycles. The molecule has 0 radical (unpaired) electrons. The molecule has 0 aliphatic carbocycles. The first-order chi connectivity index (χ1) is 12.1. The summed E-state index contributed by atoms with van der Waals surface area (Å²) in [5.41, 5.74) is 1.97. The average molecular weight is 336 g/mol. The van der Waals surface area contributed by atoms with Crippen LogP contribution >= 0.6 is 0 Å². The van der Waals surface area contributed by atoms with Gasteiger partial charge in [0.1, 0.15) is 6.61 Å². The highest BCUT2D eigenvalue weighted by Gasteiger charge is 2.27. The van der Waals surface area contributed by atoms with Gasteiger partial charge in [-0.3, -0.25) is 9.59 Å². The van der Waals surface area contributed by atoms with Gasteiger partial charge in [-0.25, -0.2) is 0 Å². The highest BCUT2D eigenvalue weighted by atomic mass is 16.6. The number of amides is 1. The zero-order valence-corrected chi connectivity index (χ0v) is 13.5. The number of rotatable bonds is 2. The Hall–Kier alpha value is -3.28. The lowest BCUT2D eigenvalue weighted by Gasteiger charge is -2.25. The van der Waals surface area contributed by atoms with Crippen LogP contribution in [-0.2, 0) is 4.79 Å². The van der Waals surface area contributed by atoms with Crippen LogP contribution in [0.4, 0.5) is 5.69 Å². The number of aromatic nitrogens is 1. The molecule has 6 nitrogen and oxygen atoms in total. The first kappa shape index (κ1) is 15.3. The Balaban J connectivity index is 1.55. The number of benzene rings is 2. The molecular weight excluding hydrogens is 320 g/mol. The van der Waals surface area contributed by atoms with Crippen molar-refractivity contribution < 1.29 is 14.3 Å². The minimum atomic E-state index is -0.734. The van der Waals surface area contributed by atoms with Gasteiger partial charge in [0.2, 0.25) is 11.7 Å². The third kappa shape index (κ3) is 2.94. The van der Waals surface area contributed by atoms with Gasteiger partial charge in [0.25, 0.3) is 5.91 Å². The largest absolute Gasteiger partial charge is 0.485 e.